The topological polar surface area (TPSA) is 93.2 Å². The largest absolute Gasteiger partial charge is 0.481 e. The number of aromatic nitrogens is 2. The molecule has 2 rings (SSSR count). The molecule has 1 aliphatic heterocycles. The van der Waals surface area contributed by atoms with Gasteiger partial charge in [0.15, 0.2) is 5.69 Å². The van der Waals surface area contributed by atoms with Gasteiger partial charge >= 0.3 is 6.18 Å². The molecule has 1 unspecified atom stereocenters. The zero-order chi connectivity index (χ0) is 15.6. The summed E-state index contributed by atoms with van der Waals surface area (Å²) in [7, 11) is 1.16. The number of imide groups is 1. The first-order valence-corrected chi connectivity index (χ1v) is 5.90. The molecule has 0 spiro atoms. The van der Waals surface area contributed by atoms with Crippen LogP contribution in [0.2, 0.25) is 0 Å². The summed E-state index contributed by atoms with van der Waals surface area (Å²) in [6.07, 6.45) is -4.44. The van der Waals surface area contributed by atoms with Gasteiger partial charge in [-0.05, 0) is 6.42 Å². The van der Waals surface area contributed by atoms with Crippen molar-refractivity contribution in [2.75, 3.05) is 12.4 Å². The molecule has 1 saturated heterocycles. The first-order chi connectivity index (χ1) is 9.79. The minimum Gasteiger partial charge on any atom is -0.481 e. The van der Waals surface area contributed by atoms with Crippen molar-refractivity contribution in [3.63, 3.8) is 0 Å². The third-order valence-corrected chi connectivity index (χ3v) is 2.74. The molecule has 2 heterocycles. The first-order valence-electron chi connectivity index (χ1n) is 5.90. The van der Waals surface area contributed by atoms with Crippen LogP contribution in [0.1, 0.15) is 18.5 Å². The van der Waals surface area contributed by atoms with E-state index >= 15 is 0 Å². The van der Waals surface area contributed by atoms with E-state index in [-0.39, 0.29) is 18.7 Å². The van der Waals surface area contributed by atoms with E-state index in [1.807, 2.05) is 0 Å². The van der Waals surface area contributed by atoms with E-state index in [1.165, 1.54) is 0 Å². The molecular weight excluding hydrogens is 293 g/mol. The lowest BCUT2D eigenvalue weighted by Crippen LogP contribution is -2.47. The smallest absolute Gasteiger partial charge is 0.433 e. The zero-order valence-corrected chi connectivity index (χ0v) is 10.8. The lowest BCUT2D eigenvalue weighted by atomic mass is 10.1. The lowest BCUT2D eigenvalue weighted by Gasteiger charge is -2.22. The van der Waals surface area contributed by atoms with Crippen molar-refractivity contribution in [1.82, 2.24) is 15.3 Å². The maximum atomic E-state index is 12.7. The third-order valence-electron chi connectivity index (χ3n) is 2.74. The number of methoxy groups -OCH3 is 1. The minimum atomic E-state index is -4.67. The molecule has 114 valence electrons. The van der Waals surface area contributed by atoms with Crippen LogP contribution in [0.4, 0.5) is 19.1 Å². The molecule has 0 bridgehead atoms. The highest BCUT2D eigenvalue weighted by atomic mass is 19.4. The van der Waals surface area contributed by atoms with Gasteiger partial charge in [0.1, 0.15) is 6.04 Å². The van der Waals surface area contributed by atoms with Gasteiger partial charge in [-0.15, -0.1) is 0 Å². The van der Waals surface area contributed by atoms with Crippen molar-refractivity contribution in [2.45, 2.75) is 25.1 Å². The van der Waals surface area contributed by atoms with Crippen LogP contribution in [-0.2, 0) is 15.8 Å². The van der Waals surface area contributed by atoms with Crippen molar-refractivity contribution in [1.29, 1.82) is 0 Å². The number of hydrogen-bond acceptors (Lipinski definition) is 6. The Morgan fingerprint density at radius 1 is 1.38 bits per heavy atom. The summed E-state index contributed by atoms with van der Waals surface area (Å²) in [6.45, 7) is 0. The molecule has 0 aromatic carbocycles. The van der Waals surface area contributed by atoms with E-state index in [0.717, 1.165) is 7.11 Å². The molecule has 0 radical (unpaired) electrons. The summed E-state index contributed by atoms with van der Waals surface area (Å²) in [5, 5.41) is 4.55. The third kappa shape index (κ3) is 3.58. The van der Waals surface area contributed by atoms with Crippen LogP contribution >= 0.6 is 0 Å². The van der Waals surface area contributed by atoms with Crippen LogP contribution in [0.25, 0.3) is 0 Å². The Bertz CT molecular complexity index is 576. The molecule has 1 fully saturated rings. The molecule has 10 heteroatoms. The summed E-state index contributed by atoms with van der Waals surface area (Å²) >= 11 is 0. The van der Waals surface area contributed by atoms with Gasteiger partial charge in [0.2, 0.25) is 23.6 Å². The number of ether oxygens (including phenoxy) is 1. The van der Waals surface area contributed by atoms with Gasteiger partial charge in [-0.2, -0.15) is 18.2 Å². The summed E-state index contributed by atoms with van der Waals surface area (Å²) in [5.74, 6) is -1.74. The summed E-state index contributed by atoms with van der Waals surface area (Å²) < 4.78 is 42.8. The molecule has 1 aromatic rings. The fourth-order valence-electron chi connectivity index (χ4n) is 1.73. The Hall–Kier alpha value is -2.39. The normalized spacial score (nSPS) is 19.1. The van der Waals surface area contributed by atoms with Gasteiger partial charge < -0.3 is 10.1 Å². The average molecular weight is 304 g/mol. The molecule has 0 saturated carbocycles. The molecule has 1 aliphatic rings. The minimum absolute atomic E-state index is 0.0828. The predicted octanol–water partition coefficient (Wildman–Crippen LogP) is 0.721. The lowest BCUT2D eigenvalue weighted by molar-refractivity contribution is -0.141. The second kappa shape index (κ2) is 5.54. The Balaban J connectivity index is 2.23. The van der Waals surface area contributed by atoms with E-state index < -0.39 is 35.7 Å². The molecule has 0 aliphatic carbocycles. The highest BCUT2D eigenvalue weighted by Gasteiger charge is 2.35. The van der Waals surface area contributed by atoms with Crippen molar-refractivity contribution >= 4 is 17.8 Å². The SMILES string of the molecule is COc1cc(C(F)(F)F)nc(NC2CCC(=O)NC2=O)n1. The number of anilines is 1. The van der Waals surface area contributed by atoms with Crippen LogP contribution in [0, 0.1) is 0 Å². The van der Waals surface area contributed by atoms with Gasteiger partial charge in [-0.25, -0.2) is 4.98 Å². The fourth-order valence-corrected chi connectivity index (χ4v) is 1.73. The monoisotopic (exact) mass is 304 g/mol. The van der Waals surface area contributed by atoms with Gasteiger partial charge in [-0.3, -0.25) is 14.9 Å². The van der Waals surface area contributed by atoms with Crippen LogP contribution < -0.4 is 15.4 Å². The number of halogens is 3. The van der Waals surface area contributed by atoms with Crippen LogP contribution in [0.3, 0.4) is 0 Å². The van der Waals surface area contributed by atoms with E-state index in [9.17, 15) is 22.8 Å². The standard InChI is InChI=1S/C11H11F3N4O3/c1-21-8-4-6(11(12,13)14)16-10(18-8)15-5-2-3-7(19)17-9(5)20/h4-5H,2-3H2,1H3,(H,15,16,18)(H,17,19,20). The van der Waals surface area contributed by atoms with Crippen molar-refractivity contribution < 1.29 is 27.5 Å². The quantitative estimate of drug-likeness (QED) is 0.799. The molecule has 1 atom stereocenters. The molecular formula is C11H11F3N4O3. The molecule has 7 nitrogen and oxygen atoms in total. The fraction of sp³-hybridized carbons (Fsp3) is 0.455. The Morgan fingerprint density at radius 3 is 2.67 bits per heavy atom. The van der Waals surface area contributed by atoms with Gasteiger partial charge in [0, 0.05) is 12.5 Å². The maximum absolute atomic E-state index is 12.7. The second-order valence-electron chi connectivity index (χ2n) is 4.26. The first kappa shape index (κ1) is 15.0. The van der Waals surface area contributed by atoms with Crippen LogP contribution in [-0.4, -0.2) is 34.9 Å². The molecule has 1 aromatic heterocycles. The average Bonchev–Trinajstić information content (AvgIpc) is 2.40. The van der Waals surface area contributed by atoms with Crippen molar-refractivity contribution in [3.05, 3.63) is 11.8 Å². The van der Waals surface area contributed by atoms with Gasteiger partial charge in [0.05, 0.1) is 7.11 Å². The summed E-state index contributed by atoms with van der Waals surface area (Å²) in [5.41, 5.74) is -1.19. The number of hydrogen-bond donors (Lipinski definition) is 2. The number of nitrogens with one attached hydrogen (secondary N) is 2. The van der Waals surface area contributed by atoms with Crippen LogP contribution in [0.15, 0.2) is 6.07 Å². The van der Waals surface area contributed by atoms with Crippen molar-refractivity contribution in [3.8, 4) is 5.88 Å². The number of amides is 2. The number of alkyl halides is 3. The predicted molar refractivity (Wildman–Crippen MR) is 63.4 cm³/mol. The maximum Gasteiger partial charge on any atom is 0.433 e. The Labute approximate surface area is 116 Å². The summed E-state index contributed by atoms with van der Waals surface area (Å²) in [6, 6.07) is -0.230. The number of piperidine rings is 1. The number of nitrogens with zero attached hydrogens (tertiary/aromatic N) is 2. The van der Waals surface area contributed by atoms with Crippen LogP contribution in [0.5, 0.6) is 5.88 Å². The van der Waals surface area contributed by atoms with Gasteiger partial charge in [-0.1, -0.05) is 0 Å². The van der Waals surface area contributed by atoms with Gasteiger partial charge in [0.25, 0.3) is 0 Å². The number of carbonyl (C=O) groups excluding carboxylic acids is 2. The zero-order valence-electron chi connectivity index (χ0n) is 10.8. The molecule has 2 amide bonds. The van der Waals surface area contributed by atoms with Crippen molar-refractivity contribution in [2.24, 2.45) is 0 Å². The van der Waals surface area contributed by atoms with E-state index in [1.54, 1.807) is 0 Å². The molecule has 21 heavy (non-hydrogen) atoms. The van der Waals surface area contributed by atoms with E-state index in [2.05, 4.69) is 25.3 Å². The highest BCUT2D eigenvalue weighted by Crippen LogP contribution is 2.30. The molecule has 2 N–H and O–H groups in total. The highest BCUT2D eigenvalue weighted by molar-refractivity contribution is 6.01. The summed E-state index contributed by atoms with van der Waals surface area (Å²) in [4.78, 5) is 29.6. The van der Waals surface area contributed by atoms with E-state index in [0.29, 0.717) is 6.07 Å². The Kier molecular flexibility index (Phi) is 3.96. The number of carbonyl (C=O) groups is 2. The van der Waals surface area contributed by atoms with E-state index in [4.69, 9.17) is 0 Å². The second-order valence-corrected chi connectivity index (χ2v) is 4.26. The Morgan fingerprint density at radius 2 is 2.10 bits per heavy atom. The number of rotatable bonds is 3.